The highest BCUT2D eigenvalue weighted by molar-refractivity contribution is 7.09. The van der Waals surface area contributed by atoms with Gasteiger partial charge in [0.1, 0.15) is 0 Å². The van der Waals surface area contributed by atoms with Gasteiger partial charge in [0.2, 0.25) is 0 Å². The van der Waals surface area contributed by atoms with Crippen molar-refractivity contribution >= 4 is 34.5 Å². The fourth-order valence-electron chi connectivity index (χ4n) is 1.87. The van der Waals surface area contributed by atoms with E-state index in [-0.39, 0.29) is 6.04 Å². The van der Waals surface area contributed by atoms with E-state index >= 15 is 0 Å². The highest BCUT2D eigenvalue weighted by Crippen LogP contribution is 2.28. The minimum absolute atomic E-state index is 0.275. The Bertz CT molecular complexity index is 534. The average molecular weight is 315 g/mol. The second kappa shape index (κ2) is 6.71. The Labute approximate surface area is 127 Å². The predicted molar refractivity (Wildman–Crippen MR) is 83.5 cm³/mol. The van der Waals surface area contributed by atoms with Crippen LogP contribution < -0.4 is 5.32 Å². The first-order valence-electron chi connectivity index (χ1n) is 6.22. The van der Waals surface area contributed by atoms with Crippen LogP contribution in [0, 0.1) is 0 Å². The molecule has 0 spiro atoms. The molecule has 102 valence electrons. The maximum absolute atomic E-state index is 6.18. The minimum Gasteiger partial charge on any atom is -0.309 e. The van der Waals surface area contributed by atoms with Gasteiger partial charge in [-0.1, -0.05) is 36.2 Å². The first-order chi connectivity index (χ1) is 9.11. The molecule has 1 heterocycles. The summed E-state index contributed by atoms with van der Waals surface area (Å²) < 4.78 is 0. The third-order valence-corrected chi connectivity index (χ3v) is 4.49. The van der Waals surface area contributed by atoms with Crippen LogP contribution in [0.1, 0.15) is 36.2 Å². The van der Waals surface area contributed by atoms with E-state index in [4.69, 9.17) is 23.2 Å². The molecule has 0 saturated heterocycles. The van der Waals surface area contributed by atoms with Crippen molar-refractivity contribution in [1.29, 1.82) is 0 Å². The largest absolute Gasteiger partial charge is 0.309 e. The predicted octanol–water partition coefficient (Wildman–Crippen LogP) is 4.71. The summed E-state index contributed by atoms with van der Waals surface area (Å²) in [5.41, 5.74) is 2.02. The summed E-state index contributed by atoms with van der Waals surface area (Å²) >= 11 is 14.0. The average Bonchev–Trinajstić information content (AvgIpc) is 2.83. The number of hydrogen-bond acceptors (Lipinski definition) is 3. The van der Waals surface area contributed by atoms with E-state index in [1.165, 1.54) is 0 Å². The lowest BCUT2D eigenvalue weighted by molar-refractivity contribution is 0.585. The molecule has 19 heavy (non-hydrogen) atoms. The monoisotopic (exact) mass is 314 g/mol. The number of thiazole rings is 1. The minimum atomic E-state index is 0.275. The van der Waals surface area contributed by atoms with Gasteiger partial charge >= 0.3 is 0 Å². The third kappa shape index (κ3) is 3.69. The third-order valence-electron chi connectivity index (χ3n) is 2.91. The Kier molecular flexibility index (Phi) is 5.22. The van der Waals surface area contributed by atoms with Crippen LogP contribution in [0.3, 0.4) is 0 Å². The zero-order valence-electron chi connectivity index (χ0n) is 10.9. The van der Waals surface area contributed by atoms with Gasteiger partial charge in [-0.05, 0) is 31.2 Å². The summed E-state index contributed by atoms with van der Waals surface area (Å²) in [4.78, 5) is 4.65. The summed E-state index contributed by atoms with van der Waals surface area (Å²) in [7, 11) is 0. The Morgan fingerprint density at radius 2 is 2.00 bits per heavy atom. The molecule has 0 fully saturated rings. The molecule has 2 rings (SSSR count). The van der Waals surface area contributed by atoms with E-state index < -0.39 is 0 Å². The van der Waals surface area contributed by atoms with E-state index in [1.54, 1.807) is 11.3 Å². The molecular weight excluding hydrogens is 299 g/mol. The van der Waals surface area contributed by atoms with E-state index in [1.807, 2.05) is 18.2 Å². The molecule has 1 aromatic heterocycles. The van der Waals surface area contributed by atoms with Crippen molar-refractivity contribution in [3.8, 4) is 0 Å². The molecule has 0 amide bonds. The number of rotatable bonds is 5. The lowest BCUT2D eigenvalue weighted by atomic mass is 10.1. The zero-order valence-corrected chi connectivity index (χ0v) is 13.2. The smallest absolute Gasteiger partial charge is 0.0974 e. The fraction of sp³-hybridized carbons (Fsp3) is 0.357. The molecule has 1 unspecified atom stereocenters. The molecule has 0 aliphatic heterocycles. The van der Waals surface area contributed by atoms with Crippen LogP contribution in [0.15, 0.2) is 23.6 Å². The number of nitrogens with zero attached hydrogens (tertiary/aromatic N) is 1. The van der Waals surface area contributed by atoms with Gasteiger partial charge in [-0.25, -0.2) is 4.98 Å². The number of aromatic nitrogens is 1. The van der Waals surface area contributed by atoms with Crippen LogP contribution in [0.5, 0.6) is 0 Å². The maximum Gasteiger partial charge on any atom is 0.0974 e. The molecule has 0 radical (unpaired) electrons. The Balaban J connectivity index is 2.16. The van der Waals surface area contributed by atoms with Crippen LogP contribution in [0.4, 0.5) is 0 Å². The fourth-order valence-corrected chi connectivity index (χ4v) is 3.30. The second-order valence-electron chi connectivity index (χ2n) is 4.32. The van der Waals surface area contributed by atoms with Crippen molar-refractivity contribution in [3.63, 3.8) is 0 Å². The first-order valence-corrected chi connectivity index (χ1v) is 7.86. The van der Waals surface area contributed by atoms with E-state index in [0.717, 1.165) is 22.8 Å². The maximum atomic E-state index is 6.18. The van der Waals surface area contributed by atoms with Crippen molar-refractivity contribution in [3.05, 3.63) is 49.9 Å². The van der Waals surface area contributed by atoms with Gasteiger partial charge in [-0.15, -0.1) is 11.3 Å². The van der Waals surface area contributed by atoms with Crippen molar-refractivity contribution in [2.45, 2.75) is 26.3 Å². The summed E-state index contributed by atoms with van der Waals surface area (Å²) in [5.74, 6) is 0. The van der Waals surface area contributed by atoms with Gasteiger partial charge in [0.05, 0.1) is 10.7 Å². The highest BCUT2D eigenvalue weighted by atomic mass is 35.5. The van der Waals surface area contributed by atoms with Gasteiger partial charge in [0.25, 0.3) is 0 Å². The summed E-state index contributed by atoms with van der Waals surface area (Å²) in [6, 6.07) is 5.85. The normalized spacial score (nSPS) is 12.6. The molecular formula is C14H16Cl2N2S. The quantitative estimate of drug-likeness (QED) is 0.864. The topological polar surface area (TPSA) is 24.9 Å². The van der Waals surface area contributed by atoms with Crippen LogP contribution >= 0.6 is 34.5 Å². The van der Waals surface area contributed by atoms with Gasteiger partial charge < -0.3 is 5.32 Å². The first kappa shape index (κ1) is 14.8. The van der Waals surface area contributed by atoms with Gasteiger partial charge in [-0.3, -0.25) is 0 Å². The van der Waals surface area contributed by atoms with Crippen molar-refractivity contribution in [1.82, 2.24) is 10.3 Å². The molecule has 5 heteroatoms. The number of nitrogens with one attached hydrogen (secondary N) is 1. The Morgan fingerprint density at radius 3 is 2.63 bits per heavy atom. The molecule has 2 aromatic rings. The molecule has 1 atom stereocenters. The molecule has 0 saturated carbocycles. The molecule has 0 aliphatic carbocycles. The number of hydrogen-bond donors (Lipinski definition) is 1. The Morgan fingerprint density at radius 1 is 1.32 bits per heavy atom. The second-order valence-corrected chi connectivity index (χ2v) is 6.08. The van der Waals surface area contributed by atoms with E-state index in [2.05, 4.69) is 29.5 Å². The highest BCUT2D eigenvalue weighted by Gasteiger charge is 2.12. The molecule has 1 aromatic carbocycles. The number of halogens is 2. The Hall–Kier alpha value is -0.610. The van der Waals surface area contributed by atoms with Crippen molar-refractivity contribution in [2.24, 2.45) is 0 Å². The lowest BCUT2D eigenvalue weighted by Gasteiger charge is -2.08. The summed E-state index contributed by atoms with van der Waals surface area (Å²) in [6.45, 7) is 5.14. The van der Waals surface area contributed by atoms with Crippen LogP contribution in [0.25, 0.3) is 0 Å². The summed E-state index contributed by atoms with van der Waals surface area (Å²) in [5, 5.41) is 7.88. The van der Waals surface area contributed by atoms with Gasteiger partial charge in [-0.2, -0.15) is 0 Å². The molecule has 0 aliphatic rings. The van der Waals surface area contributed by atoms with Crippen LogP contribution in [-0.4, -0.2) is 11.5 Å². The van der Waals surface area contributed by atoms with Crippen LogP contribution in [-0.2, 0) is 6.42 Å². The van der Waals surface area contributed by atoms with Gasteiger partial charge in [0.15, 0.2) is 0 Å². The number of benzene rings is 1. The summed E-state index contributed by atoms with van der Waals surface area (Å²) in [6.07, 6.45) is 0.683. The zero-order chi connectivity index (χ0) is 13.8. The van der Waals surface area contributed by atoms with Gasteiger partial charge in [0, 0.05) is 27.9 Å². The van der Waals surface area contributed by atoms with Crippen molar-refractivity contribution < 1.29 is 0 Å². The SMILES string of the molecule is CCNC(C)c1csc(Cc2c(Cl)cccc2Cl)n1. The van der Waals surface area contributed by atoms with E-state index in [0.29, 0.717) is 16.5 Å². The molecule has 0 bridgehead atoms. The molecule has 1 N–H and O–H groups in total. The molecule has 2 nitrogen and oxygen atoms in total. The van der Waals surface area contributed by atoms with Crippen molar-refractivity contribution in [2.75, 3.05) is 6.54 Å². The lowest BCUT2D eigenvalue weighted by Crippen LogP contribution is -2.17. The van der Waals surface area contributed by atoms with Crippen LogP contribution in [0.2, 0.25) is 10.0 Å². The van der Waals surface area contributed by atoms with E-state index in [9.17, 15) is 0 Å². The standard InChI is InChI=1S/C14H16Cl2N2S/c1-3-17-9(2)13-8-19-14(18-13)7-10-11(15)5-4-6-12(10)16/h4-6,8-9,17H,3,7H2,1-2H3.